The second kappa shape index (κ2) is 9.28. The van der Waals surface area contributed by atoms with E-state index in [0.29, 0.717) is 36.0 Å². The fourth-order valence-corrected chi connectivity index (χ4v) is 3.77. The number of carboxylic acids is 1. The Kier molecular flexibility index (Phi) is 6.09. The third kappa shape index (κ3) is 4.27. The normalized spacial score (nSPS) is 10.6. The first-order valence-electron chi connectivity index (χ1n) is 10.2. The number of carboxylic acid groups (broad SMARTS) is 1. The lowest BCUT2D eigenvalue weighted by molar-refractivity contribution is 0.0698. The van der Waals surface area contributed by atoms with Gasteiger partial charge in [-0.2, -0.15) is 5.26 Å². The third-order valence-electron chi connectivity index (χ3n) is 5.36. The number of nitrogens with one attached hydrogen (secondary N) is 2. The number of benzene rings is 2. The van der Waals surface area contributed by atoms with Crippen molar-refractivity contribution in [2.24, 2.45) is 0 Å². The van der Waals surface area contributed by atoms with Crippen molar-refractivity contribution < 1.29 is 14.6 Å². The quantitative estimate of drug-likeness (QED) is 0.376. The summed E-state index contributed by atoms with van der Waals surface area (Å²) in [6.07, 6.45) is 1.46. The summed E-state index contributed by atoms with van der Waals surface area (Å²) in [5.41, 5.74) is 3.61. The van der Waals surface area contributed by atoms with Crippen LogP contribution in [0.15, 0.2) is 54.9 Å². The lowest BCUT2D eigenvalue weighted by Crippen LogP contribution is -2.12. The standard InChI is InChI=1S/C24H22N6O3/c1-26-20-10-15(6-7-17(20)24(31)32)19-12-23(29-14-28-19)27-8-9-30-16(13-25)11-18-21(30)4-3-5-22(18)33-2/h3-7,10-12,14,26H,8-9H2,1-2H3,(H,31,32)(H,27,28,29). The number of hydrogen-bond donors (Lipinski definition) is 3. The van der Waals surface area contributed by atoms with Crippen LogP contribution in [0.4, 0.5) is 11.5 Å². The number of carbonyl (C=O) groups is 1. The van der Waals surface area contributed by atoms with Gasteiger partial charge in [-0.3, -0.25) is 0 Å². The molecule has 0 bridgehead atoms. The van der Waals surface area contributed by atoms with Crippen molar-refractivity contribution in [2.45, 2.75) is 6.54 Å². The number of aromatic nitrogens is 3. The summed E-state index contributed by atoms with van der Waals surface area (Å²) in [6.45, 7) is 1.09. The molecule has 0 amide bonds. The topological polar surface area (TPSA) is 125 Å². The van der Waals surface area contributed by atoms with Gasteiger partial charge in [-0.1, -0.05) is 12.1 Å². The summed E-state index contributed by atoms with van der Waals surface area (Å²) < 4.78 is 7.36. The highest BCUT2D eigenvalue weighted by atomic mass is 16.5. The van der Waals surface area contributed by atoms with Gasteiger partial charge >= 0.3 is 5.97 Å². The maximum atomic E-state index is 11.4. The zero-order valence-corrected chi connectivity index (χ0v) is 18.2. The van der Waals surface area contributed by atoms with Gasteiger partial charge in [-0.05, 0) is 30.3 Å². The Hall–Kier alpha value is -4.58. The van der Waals surface area contributed by atoms with E-state index in [0.717, 1.165) is 22.2 Å². The molecule has 0 radical (unpaired) electrons. The van der Waals surface area contributed by atoms with Gasteiger partial charge in [0.1, 0.15) is 29.7 Å². The Balaban J connectivity index is 1.53. The number of anilines is 2. The molecule has 0 aliphatic rings. The maximum Gasteiger partial charge on any atom is 0.337 e. The number of nitrogens with zero attached hydrogens (tertiary/aromatic N) is 4. The molecule has 2 heterocycles. The highest BCUT2D eigenvalue weighted by Crippen LogP contribution is 2.29. The van der Waals surface area contributed by atoms with Crippen LogP contribution in [0.25, 0.3) is 22.2 Å². The smallest absolute Gasteiger partial charge is 0.337 e. The summed E-state index contributed by atoms with van der Waals surface area (Å²) in [5.74, 6) is 0.356. The summed E-state index contributed by atoms with van der Waals surface area (Å²) >= 11 is 0. The molecule has 2 aromatic carbocycles. The van der Waals surface area contributed by atoms with E-state index in [1.807, 2.05) is 28.8 Å². The van der Waals surface area contributed by atoms with Crippen molar-refractivity contribution in [3.63, 3.8) is 0 Å². The summed E-state index contributed by atoms with van der Waals surface area (Å²) in [7, 11) is 3.29. The van der Waals surface area contributed by atoms with Gasteiger partial charge in [0.2, 0.25) is 0 Å². The van der Waals surface area contributed by atoms with Gasteiger partial charge in [0, 0.05) is 42.8 Å². The largest absolute Gasteiger partial charge is 0.496 e. The van der Waals surface area contributed by atoms with E-state index in [9.17, 15) is 15.2 Å². The van der Waals surface area contributed by atoms with Crippen molar-refractivity contribution in [3.8, 4) is 23.1 Å². The Morgan fingerprint density at radius 2 is 2.06 bits per heavy atom. The van der Waals surface area contributed by atoms with Crippen LogP contribution in [0.2, 0.25) is 0 Å². The molecule has 9 heteroatoms. The van der Waals surface area contributed by atoms with Crippen molar-refractivity contribution in [2.75, 3.05) is 31.3 Å². The molecular formula is C24H22N6O3. The van der Waals surface area contributed by atoms with Crippen molar-refractivity contribution in [1.82, 2.24) is 14.5 Å². The summed E-state index contributed by atoms with van der Waals surface area (Å²) in [5, 5.41) is 25.9. The molecule has 0 aliphatic heterocycles. The van der Waals surface area contributed by atoms with E-state index >= 15 is 0 Å². The van der Waals surface area contributed by atoms with Crippen molar-refractivity contribution in [3.05, 3.63) is 66.1 Å². The van der Waals surface area contributed by atoms with Gasteiger partial charge in [0.15, 0.2) is 0 Å². The Labute approximate surface area is 190 Å². The van der Waals surface area contributed by atoms with Crippen LogP contribution < -0.4 is 15.4 Å². The molecule has 0 atom stereocenters. The Morgan fingerprint density at radius 1 is 1.21 bits per heavy atom. The van der Waals surface area contributed by atoms with E-state index < -0.39 is 5.97 Å². The molecule has 0 spiro atoms. The number of hydrogen-bond acceptors (Lipinski definition) is 7. The van der Waals surface area contributed by atoms with Gasteiger partial charge in [-0.25, -0.2) is 14.8 Å². The van der Waals surface area contributed by atoms with Crippen molar-refractivity contribution in [1.29, 1.82) is 5.26 Å². The van der Waals surface area contributed by atoms with Crippen LogP contribution >= 0.6 is 0 Å². The van der Waals surface area contributed by atoms with E-state index in [1.165, 1.54) is 6.33 Å². The second-order valence-electron chi connectivity index (χ2n) is 7.22. The average Bonchev–Trinajstić information content (AvgIpc) is 3.21. The van der Waals surface area contributed by atoms with Crippen molar-refractivity contribution >= 4 is 28.4 Å². The first-order valence-corrected chi connectivity index (χ1v) is 10.2. The lowest BCUT2D eigenvalue weighted by Gasteiger charge is -2.11. The van der Waals surface area contributed by atoms with E-state index in [2.05, 4.69) is 26.7 Å². The number of ether oxygens (including phenoxy) is 1. The summed E-state index contributed by atoms with van der Waals surface area (Å²) in [4.78, 5) is 20.0. The molecule has 0 fully saturated rings. The second-order valence-corrected chi connectivity index (χ2v) is 7.22. The van der Waals surface area contributed by atoms with Crippen LogP contribution in [-0.2, 0) is 6.54 Å². The SMILES string of the molecule is CNc1cc(-c2cc(NCCn3c(C#N)cc4c(OC)cccc43)ncn2)ccc1C(=O)O. The molecule has 166 valence electrons. The Morgan fingerprint density at radius 3 is 2.79 bits per heavy atom. The third-order valence-corrected chi connectivity index (χ3v) is 5.36. The minimum atomic E-state index is -0.997. The molecule has 3 N–H and O–H groups in total. The number of fused-ring (bicyclic) bond motifs is 1. The minimum Gasteiger partial charge on any atom is -0.496 e. The van der Waals surface area contributed by atoms with E-state index in [4.69, 9.17) is 4.74 Å². The molecule has 4 aromatic rings. The highest BCUT2D eigenvalue weighted by molar-refractivity contribution is 5.95. The maximum absolute atomic E-state index is 11.4. The predicted octanol–water partition coefficient (Wildman–Crippen LogP) is 3.83. The fourth-order valence-electron chi connectivity index (χ4n) is 3.77. The lowest BCUT2D eigenvalue weighted by atomic mass is 10.1. The van der Waals surface area contributed by atoms with Crippen LogP contribution in [0.5, 0.6) is 5.75 Å². The van der Waals surface area contributed by atoms with Crippen LogP contribution in [0, 0.1) is 11.3 Å². The van der Waals surface area contributed by atoms with E-state index in [-0.39, 0.29) is 5.56 Å². The fraction of sp³-hybridized carbons (Fsp3) is 0.167. The first kappa shape index (κ1) is 21.6. The van der Waals surface area contributed by atoms with Gasteiger partial charge in [0.05, 0.1) is 23.9 Å². The van der Waals surface area contributed by atoms with Crippen LogP contribution in [0.3, 0.4) is 0 Å². The van der Waals surface area contributed by atoms with Gasteiger partial charge < -0.3 is 25.0 Å². The van der Waals surface area contributed by atoms with Crippen LogP contribution in [-0.4, -0.2) is 46.3 Å². The Bertz CT molecular complexity index is 1370. The molecule has 0 saturated heterocycles. The number of aromatic carboxylic acids is 1. The first-order chi connectivity index (χ1) is 16.0. The number of nitriles is 1. The molecule has 0 saturated carbocycles. The zero-order chi connectivity index (χ0) is 23.4. The molecule has 9 nitrogen and oxygen atoms in total. The minimum absolute atomic E-state index is 0.192. The molecular weight excluding hydrogens is 420 g/mol. The van der Waals surface area contributed by atoms with Gasteiger partial charge in [-0.15, -0.1) is 0 Å². The van der Waals surface area contributed by atoms with Gasteiger partial charge in [0.25, 0.3) is 0 Å². The monoisotopic (exact) mass is 442 g/mol. The van der Waals surface area contributed by atoms with Crippen LogP contribution in [0.1, 0.15) is 16.1 Å². The summed E-state index contributed by atoms with van der Waals surface area (Å²) in [6, 6.07) is 16.6. The molecule has 2 aromatic heterocycles. The zero-order valence-electron chi connectivity index (χ0n) is 18.2. The molecule has 0 unspecified atom stereocenters. The number of rotatable bonds is 8. The van der Waals surface area contributed by atoms with E-state index in [1.54, 1.807) is 38.4 Å². The number of methoxy groups -OCH3 is 1. The molecule has 33 heavy (non-hydrogen) atoms. The average molecular weight is 442 g/mol. The predicted molar refractivity (Wildman–Crippen MR) is 126 cm³/mol. The highest BCUT2D eigenvalue weighted by Gasteiger charge is 2.13. The molecule has 0 aliphatic carbocycles. The molecule has 4 rings (SSSR count).